The van der Waals surface area contributed by atoms with Crippen molar-refractivity contribution in [2.24, 2.45) is 7.05 Å². The van der Waals surface area contributed by atoms with E-state index in [1.54, 1.807) is 30.0 Å². The van der Waals surface area contributed by atoms with Crippen molar-refractivity contribution < 1.29 is 9.53 Å². The molecule has 1 aromatic carbocycles. The predicted octanol–water partition coefficient (Wildman–Crippen LogP) is 3.35. The number of methoxy groups -OCH3 is 1. The highest BCUT2D eigenvalue weighted by Gasteiger charge is 2.28. The zero-order chi connectivity index (χ0) is 15.7. The number of nitrogens with zero attached hydrogens (tertiary/aromatic N) is 2. The molecule has 1 aromatic heterocycles. The second kappa shape index (κ2) is 6.10. The SMILES string of the molecule is COCc1cc(Cl)ccc1NC(=O)c1cc(C2CC2)n(C)n1. The number of hydrogen-bond acceptors (Lipinski definition) is 3. The number of carbonyl (C=O) groups is 1. The van der Waals surface area contributed by atoms with Gasteiger partial charge in [0.15, 0.2) is 5.69 Å². The Bertz CT molecular complexity index is 707. The Morgan fingerprint density at radius 1 is 1.45 bits per heavy atom. The first-order valence-corrected chi connectivity index (χ1v) is 7.59. The minimum Gasteiger partial charge on any atom is -0.380 e. The van der Waals surface area contributed by atoms with Gasteiger partial charge in [-0.3, -0.25) is 9.48 Å². The van der Waals surface area contributed by atoms with Crippen molar-refractivity contribution in [3.8, 4) is 0 Å². The van der Waals surface area contributed by atoms with Crippen LogP contribution in [0, 0.1) is 0 Å². The zero-order valence-electron chi connectivity index (χ0n) is 12.6. The molecule has 0 unspecified atom stereocenters. The molecule has 3 rings (SSSR count). The molecule has 0 saturated heterocycles. The Morgan fingerprint density at radius 2 is 2.23 bits per heavy atom. The van der Waals surface area contributed by atoms with Crippen LogP contribution in [-0.2, 0) is 18.4 Å². The number of carbonyl (C=O) groups excluding carboxylic acids is 1. The van der Waals surface area contributed by atoms with Gasteiger partial charge in [0.05, 0.1) is 6.61 Å². The van der Waals surface area contributed by atoms with Gasteiger partial charge < -0.3 is 10.1 Å². The number of amides is 1. The third kappa shape index (κ3) is 3.15. The summed E-state index contributed by atoms with van der Waals surface area (Å²) in [5, 5.41) is 7.80. The van der Waals surface area contributed by atoms with Gasteiger partial charge in [-0.2, -0.15) is 5.10 Å². The highest BCUT2D eigenvalue weighted by atomic mass is 35.5. The van der Waals surface area contributed by atoms with E-state index >= 15 is 0 Å². The number of benzene rings is 1. The minimum absolute atomic E-state index is 0.220. The molecule has 1 heterocycles. The van der Waals surface area contributed by atoms with Crippen molar-refractivity contribution in [2.75, 3.05) is 12.4 Å². The fraction of sp³-hybridized carbons (Fsp3) is 0.375. The summed E-state index contributed by atoms with van der Waals surface area (Å²) in [6.45, 7) is 0.381. The number of aromatic nitrogens is 2. The molecule has 22 heavy (non-hydrogen) atoms. The lowest BCUT2D eigenvalue weighted by Crippen LogP contribution is -2.14. The predicted molar refractivity (Wildman–Crippen MR) is 85.3 cm³/mol. The topological polar surface area (TPSA) is 56.1 Å². The number of halogens is 1. The maximum absolute atomic E-state index is 12.4. The van der Waals surface area contributed by atoms with Gasteiger partial charge >= 0.3 is 0 Å². The number of nitrogens with one attached hydrogen (secondary N) is 1. The summed E-state index contributed by atoms with van der Waals surface area (Å²) < 4.78 is 6.94. The molecule has 0 bridgehead atoms. The normalized spacial score (nSPS) is 14.1. The average Bonchev–Trinajstić information content (AvgIpc) is 3.25. The van der Waals surface area contributed by atoms with Gasteiger partial charge in [-0.05, 0) is 37.1 Å². The van der Waals surface area contributed by atoms with Crippen molar-refractivity contribution in [1.82, 2.24) is 9.78 Å². The van der Waals surface area contributed by atoms with Crippen LogP contribution < -0.4 is 5.32 Å². The van der Waals surface area contributed by atoms with Crippen molar-refractivity contribution in [3.63, 3.8) is 0 Å². The number of aryl methyl sites for hydroxylation is 1. The fourth-order valence-corrected chi connectivity index (χ4v) is 2.69. The quantitative estimate of drug-likeness (QED) is 0.919. The van der Waals surface area contributed by atoms with E-state index in [4.69, 9.17) is 16.3 Å². The summed E-state index contributed by atoms with van der Waals surface area (Å²) in [4.78, 5) is 12.4. The summed E-state index contributed by atoms with van der Waals surface area (Å²) in [5.74, 6) is 0.334. The van der Waals surface area contributed by atoms with E-state index in [0.29, 0.717) is 28.9 Å². The molecular formula is C16H18ClN3O2. The Labute approximate surface area is 134 Å². The number of hydrogen-bond donors (Lipinski definition) is 1. The smallest absolute Gasteiger partial charge is 0.276 e. The molecule has 1 amide bonds. The first kappa shape index (κ1) is 15.1. The summed E-state index contributed by atoms with van der Waals surface area (Å²) >= 11 is 5.99. The van der Waals surface area contributed by atoms with Crippen LogP contribution in [0.5, 0.6) is 0 Å². The second-order valence-corrected chi connectivity index (χ2v) is 5.98. The van der Waals surface area contributed by atoms with E-state index in [1.807, 2.05) is 13.1 Å². The standard InChI is InChI=1S/C16H18ClN3O2/c1-20-15(10-3-4-10)8-14(19-20)16(21)18-13-6-5-12(17)7-11(13)9-22-2/h5-8,10H,3-4,9H2,1-2H3,(H,18,21). The molecule has 6 heteroatoms. The minimum atomic E-state index is -0.220. The maximum atomic E-state index is 12.4. The van der Waals surface area contributed by atoms with Gasteiger partial charge in [0, 0.05) is 42.0 Å². The third-order valence-corrected chi connectivity index (χ3v) is 3.99. The molecule has 0 spiro atoms. The summed E-state index contributed by atoms with van der Waals surface area (Å²) in [6, 6.07) is 7.18. The molecular weight excluding hydrogens is 302 g/mol. The van der Waals surface area contributed by atoms with Crippen LogP contribution >= 0.6 is 11.6 Å². The van der Waals surface area contributed by atoms with E-state index in [-0.39, 0.29) is 5.91 Å². The van der Waals surface area contributed by atoms with Crippen molar-refractivity contribution >= 4 is 23.2 Å². The molecule has 1 aliphatic rings. The first-order chi connectivity index (χ1) is 10.6. The monoisotopic (exact) mass is 319 g/mol. The molecule has 2 aromatic rings. The first-order valence-electron chi connectivity index (χ1n) is 7.21. The Kier molecular flexibility index (Phi) is 4.18. The highest BCUT2D eigenvalue weighted by Crippen LogP contribution is 2.40. The van der Waals surface area contributed by atoms with Gasteiger partial charge in [-0.1, -0.05) is 11.6 Å². The van der Waals surface area contributed by atoms with Gasteiger partial charge in [-0.15, -0.1) is 0 Å². The highest BCUT2D eigenvalue weighted by molar-refractivity contribution is 6.30. The van der Waals surface area contributed by atoms with Gasteiger partial charge in [0.1, 0.15) is 0 Å². The Morgan fingerprint density at radius 3 is 2.91 bits per heavy atom. The van der Waals surface area contributed by atoms with Crippen LogP contribution in [0.4, 0.5) is 5.69 Å². The van der Waals surface area contributed by atoms with Crippen molar-refractivity contribution in [3.05, 3.63) is 46.2 Å². The van der Waals surface area contributed by atoms with Gasteiger partial charge in [-0.25, -0.2) is 0 Å². The summed E-state index contributed by atoms with van der Waals surface area (Å²) in [6.07, 6.45) is 2.35. The van der Waals surface area contributed by atoms with Crippen LogP contribution in [0.25, 0.3) is 0 Å². The van der Waals surface area contributed by atoms with E-state index in [0.717, 1.165) is 11.3 Å². The largest absolute Gasteiger partial charge is 0.380 e. The molecule has 0 aliphatic heterocycles. The van der Waals surface area contributed by atoms with Crippen LogP contribution in [-0.4, -0.2) is 22.8 Å². The maximum Gasteiger partial charge on any atom is 0.276 e. The van der Waals surface area contributed by atoms with Crippen LogP contribution in [0.2, 0.25) is 5.02 Å². The van der Waals surface area contributed by atoms with E-state index in [1.165, 1.54) is 12.8 Å². The van der Waals surface area contributed by atoms with Gasteiger partial charge in [0.2, 0.25) is 0 Å². The van der Waals surface area contributed by atoms with Crippen LogP contribution in [0.1, 0.15) is 40.5 Å². The number of rotatable bonds is 5. The zero-order valence-corrected chi connectivity index (χ0v) is 13.4. The van der Waals surface area contributed by atoms with E-state index in [2.05, 4.69) is 10.4 Å². The molecule has 0 atom stereocenters. The van der Waals surface area contributed by atoms with Crippen LogP contribution in [0.15, 0.2) is 24.3 Å². The Balaban J connectivity index is 1.80. The Hall–Kier alpha value is -1.85. The lowest BCUT2D eigenvalue weighted by Gasteiger charge is -2.10. The fourth-order valence-electron chi connectivity index (χ4n) is 2.50. The lowest BCUT2D eigenvalue weighted by molar-refractivity contribution is 0.102. The summed E-state index contributed by atoms with van der Waals surface area (Å²) in [5.41, 5.74) is 3.08. The van der Waals surface area contributed by atoms with Gasteiger partial charge in [0.25, 0.3) is 5.91 Å². The molecule has 1 N–H and O–H groups in total. The van der Waals surface area contributed by atoms with Crippen LogP contribution in [0.3, 0.4) is 0 Å². The molecule has 1 saturated carbocycles. The number of ether oxygens (including phenoxy) is 1. The molecule has 1 fully saturated rings. The molecule has 5 nitrogen and oxygen atoms in total. The third-order valence-electron chi connectivity index (χ3n) is 3.76. The molecule has 0 radical (unpaired) electrons. The molecule has 116 valence electrons. The van der Waals surface area contributed by atoms with Crippen molar-refractivity contribution in [2.45, 2.75) is 25.4 Å². The molecule has 1 aliphatic carbocycles. The second-order valence-electron chi connectivity index (χ2n) is 5.54. The average molecular weight is 320 g/mol. The van der Waals surface area contributed by atoms with E-state index < -0.39 is 0 Å². The lowest BCUT2D eigenvalue weighted by atomic mass is 10.2. The van der Waals surface area contributed by atoms with Crippen molar-refractivity contribution in [1.29, 1.82) is 0 Å². The van der Waals surface area contributed by atoms with E-state index in [9.17, 15) is 4.79 Å². The summed E-state index contributed by atoms with van der Waals surface area (Å²) in [7, 11) is 3.48. The number of anilines is 1.